The molecule has 8 aromatic rings. The molecule has 0 amide bonds. The molecular formula is C64H74N10O13. The van der Waals surface area contributed by atoms with Gasteiger partial charge in [-0.1, -0.05) is 94.8 Å². The molecule has 0 bridgehead atoms. The molecule has 4 aromatic heterocycles. The lowest BCUT2D eigenvalue weighted by Gasteiger charge is -2.20. The molecule has 0 aliphatic carbocycles. The number of anilines is 2. The van der Waals surface area contributed by atoms with Crippen LogP contribution in [0.15, 0.2) is 104 Å². The number of hydrogen-bond donors (Lipinski definition) is 6. The summed E-state index contributed by atoms with van der Waals surface area (Å²) in [6, 6.07) is 25.4. The van der Waals surface area contributed by atoms with Crippen LogP contribution in [0.4, 0.5) is 11.6 Å². The molecule has 2 aliphatic heterocycles. The molecule has 6 N–H and O–H groups in total. The van der Waals surface area contributed by atoms with E-state index in [-0.39, 0.29) is 41.4 Å². The van der Waals surface area contributed by atoms with Crippen LogP contribution >= 0.6 is 0 Å². The Bertz CT molecular complexity index is 3730. The minimum absolute atomic E-state index is 0.0154. The standard InChI is InChI=1S/C33H39N5O5.C31H35N5O8/c1-6-24(39)29-27(41)28(42)32(43-29)38-18-37-26-30(35-17-36-31(26)38)34-16-21-9-7-20(8-10-21)11-12-25(40)22-13-19(2)14-23(15-22)33(3,4)5;1-5-20(37)27-25(39)26(40)31(44-27)36-16-35-24-29(33-15-34-30(24)36)32-14-18-8-6-17(7-9-18)10-11-21(38)19-12-22(41-2)28(43-4)23(13-19)42-3/h7-10,13-15,17-18,27-29,32,41-42H,6,11-12,16H2,1-5H3,(H,34,35,36);6-9,12-13,15-16,25-27,31,39-40H,5,10-11,14H2,1-4H3,(H,32,33,34)/t27?,28-,29+,32+;25?,26-,27+,31+/m00/s1. The van der Waals surface area contributed by atoms with Crippen molar-refractivity contribution in [3.8, 4) is 17.2 Å². The number of rotatable bonds is 23. The fraction of sp³-hybridized carbons (Fsp3) is 0.406. The number of carbonyl (C=O) groups excluding carboxylic acids is 4. The summed E-state index contributed by atoms with van der Waals surface area (Å²) in [7, 11) is 4.54. The zero-order valence-electron chi connectivity index (χ0n) is 50.1. The average Bonchev–Trinajstić information content (AvgIpc) is 1.93. The molecule has 23 heteroatoms. The lowest BCUT2D eigenvalue weighted by molar-refractivity contribution is -0.135. The highest BCUT2D eigenvalue weighted by Gasteiger charge is 2.48. The zero-order chi connectivity index (χ0) is 62.3. The van der Waals surface area contributed by atoms with Crippen molar-refractivity contribution in [3.05, 3.63) is 149 Å². The summed E-state index contributed by atoms with van der Waals surface area (Å²) < 4.78 is 30.5. The molecule has 0 radical (unpaired) electrons. The van der Waals surface area contributed by atoms with Crippen molar-refractivity contribution in [3.63, 3.8) is 0 Å². The Hall–Kier alpha value is -8.58. The van der Waals surface area contributed by atoms with E-state index in [9.17, 15) is 39.6 Å². The first-order chi connectivity index (χ1) is 41.7. The Morgan fingerprint density at radius 3 is 1.36 bits per heavy atom. The van der Waals surface area contributed by atoms with Crippen molar-refractivity contribution in [1.29, 1.82) is 0 Å². The molecule has 2 saturated heterocycles. The van der Waals surface area contributed by atoms with Crippen molar-refractivity contribution in [2.24, 2.45) is 0 Å². The monoisotopic (exact) mass is 1190 g/mol. The average molecular weight is 1190 g/mol. The van der Waals surface area contributed by atoms with Crippen molar-refractivity contribution in [2.45, 2.75) is 148 Å². The summed E-state index contributed by atoms with van der Waals surface area (Å²) in [6.07, 6.45) is -1.59. The SMILES string of the molecule is CCC(=O)[C@H]1O[C@@H](n2cnc3c(NCc4ccc(CCC(=O)c5cc(C)cc(C(C)(C)C)c5)cc4)ncnc32)[C@@H](O)C1O.CCC(=O)[C@H]1O[C@@H](n2cnc3c(NCc4ccc(CCC(=O)c5cc(OC)c(OC)c(OC)c5)cc4)ncnc32)[C@@H](O)C1O. The first kappa shape index (κ1) is 62.9. The number of fused-ring (bicyclic) bond motifs is 2. The second-order valence-electron chi connectivity index (χ2n) is 22.5. The number of imidazole rings is 2. The van der Waals surface area contributed by atoms with Gasteiger partial charge in [-0.05, 0) is 77.3 Å². The van der Waals surface area contributed by atoms with Crippen molar-refractivity contribution >= 4 is 57.1 Å². The number of aromatic nitrogens is 8. The van der Waals surface area contributed by atoms with Crippen LogP contribution in [-0.4, -0.2) is 141 Å². The first-order valence-electron chi connectivity index (χ1n) is 28.8. The van der Waals surface area contributed by atoms with Gasteiger partial charge in [-0.25, -0.2) is 29.9 Å². The lowest BCUT2D eigenvalue weighted by atomic mass is 9.84. The second-order valence-corrected chi connectivity index (χ2v) is 22.5. The predicted molar refractivity (Wildman–Crippen MR) is 322 cm³/mol. The number of aryl methyl sites for hydroxylation is 3. The highest BCUT2D eigenvalue weighted by Crippen LogP contribution is 2.39. The zero-order valence-corrected chi connectivity index (χ0v) is 50.1. The maximum absolute atomic E-state index is 13.0. The van der Waals surface area contributed by atoms with E-state index in [1.165, 1.54) is 61.3 Å². The van der Waals surface area contributed by atoms with Gasteiger partial charge in [0.15, 0.2) is 81.1 Å². The van der Waals surface area contributed by atoms with E-state index in [1.807, 2.05) is 67.6 Å². The van der Waals surface area contributed by atoms with Gasteiger partial charge in [-0.3, -0.25) is 28.3 Å². The van der Waals surface area contributed by atoms with Gasteiger partial charge in [-0.2, -0.15) is 0 Å². The predicted octanol–water partition coefficient (Wildman–Crippen LogP) is 7.34. The fourth-order valence-electron chi connectivity index (χ4n) is 10.5. The van der Waals surface area contributed by atoms with E-state index in [2.05, 4.69) is 67.4 Å². The molecule has 2 aliphatic rings. The summed E-state index contributed by atoms with van der Waals surface area (Å²) in [5, 5.41) is 48.4. The van der Waals surface area contributed by atoms with Crippen molar-refractivity contribution < 1.29 is 63.3 Å². The van der Waals surface area contributed by atoms with Gasteiger partial charge >= 0.3 is 0 Å². The number of ether oxygens (including phenoxy) is 5. The topological polar surface area (TPSA) is 307 Å². The third-order valence-electron chi connectivity index (χ3n) is 15.6. The number of hydrogen-bond acceptors (Lipinski definition) is 21. The van der Waals surface area contributed by atoms with Crippen LogP contribution in [0.5, 0.6) is 17.2 Å². The summed E-state index contributed by atoms with van der Waals surface area (Å²) in [5.74, 6) is 1.80. The molecular weight excluding hydrogens is 1120 g/mol. The number of methoxy groups -OCH3 is 3. The Kier molecular flexibility index (Phi) is 19.8. The molecule has 2 unspecified atom stereocenters. The highest BCUT2D eigenvalue weighted by molar-refractivity contribution is 5.98. The van der Waals surface area contributed by atoms with E-state index in [4.69, 9.17) is 23.7 Å². The number of nitrogens with zero attached hydrogens (tertiary/aromatic N) is 8. The number of aliphatic hydroxyl groups is 4. The quantitative estimate of drug-likeness (QED) is 0.0341. The molecule has 10 rings (SSSR count). The van der Waals surface area contributed by atoms with Crippen molar-refractivity contribution in [2.75, 3.05) is 32.0 Å². The lowest BCUT2D eigenvalue weighted by Crippen LogP contribution is -2.35. The van der Waals surface area contributed by atoms with Crippen LogP contribution in [0, 0.1) is 6.92 Å². The second kappa shape index (κ2) is 27.4. The van der Waals surface area contributed by atoms with Crippen LogP contribution < -0.4 is 24.8 Å². The number of carbonyl (C=O) groups is 4. The Labute approximate surface area is 503 Å². The number of aliphatic hydroxyl groups excluding tert-OH is 4. The highest BCUT2D eigenvalue weighted by atomic mass is 16.6. The Morgan fingerprint density at radius 2 is 0.966 bits per heavy atom. The van der Waals surface area contributed by atoms with Gasteiger partial charge in [0, 0.05) is 49.9 Å². The van der Waals surface area contributed by atoms with E-state index in [0.29, 0.717) is 95.5 Å². The van der Waals surface area contributed by atoms with Crippen LogP contribution in [0.3, 0.4) is 0 Å². The van der Waals surface area contributed by atoms with E-state index >= 15 is 0 Å². The van der Waals surface area contributed by atoms with Gasteiger partial charge in [-0.15, -0.1) is 0 Å². The van der Waals surface area contributed by atoms with Gasteiger partial charge in [0.2, 0.25) is 5.75 Å². The fourth-order valence-corrected chi connectivity index (χ4v) is 10.5. The number of ketones is 4. The minimum Gasteiger partial charge on any atom is -0.493 e. The van der Waals surface area contributed by atoms with E-state index < -0.39 is 49.1 Å². The van der Waals surface area contributed by atoms with Crippen LogP contribution in [0.1, 0.15) is 127 Å². The third kappa shape index (κ3) is 14.0. The maximum Gasteiger partial charge on any atom is 0.203 e. The van der Waals surface area contributed by atoms with Gasteiger partial charge in [0.1, 0.15) is 49.3 Å². The summed E-state index contributed by atoms with van der Waals surface area (Å²) >= 11 is 0. The molecule has 0 saturated carbocycles. The normalized spacial score (nSPS) is 20.0. The Morgan fingerprint density at radius 1 is 0.552 bits per heavy atom. The Balaban J connectivity index is 0.000000208. The molecule has 23 nitrogen and oxygen atoms in total. The molecule has 8 atom stereocenters. The smallest absolute Gasteiger partial charge is 0.203 e. The first-order valence-corrected chi connectivity index (χ1v) is 28.8. The number of Topliss-reactive ketones (excluding diaryl/α,β-unsaturated/α-hetero) is 4. The minimum atomic E-state index is -1.35. The van der Waals surface area contributed by atoms with Crippen LogP contribution in [0.25, 0.3) is 22.3 Å². The van der Waals surface area contributed by atoms with Gasteiger partial charge in [0.05, 0.1) is 34.0 Å². The van der Waals surface area contributed by atoms with E-state index in [1.54, 1.807) is 26.0 Å². The van der Waals surface area contributed by atoms with Gasteiger partial charge < -0.3 is 54.7 Å². The molecule has 6 heterocycles. The maximum atomic E-state index is 13.0. The molecule has 0 spiro atoms. The van der Waals surface area contributed by atoms with Gasteiger partial charge in [0.25, 0.3) is 0 Å². The third-order valence-corrected chi connectivity index (χ3v) is 15.6. The van der Waals surface area contributed by atoms with E-state index in [0.717, 1.165) is 33.4 Å². The molecule has 458 valence electrons. The molecule has 4 aromatic carbocycles. The number of benzene rings is 4. The van der Waals surface area contributed by atoms with Crippen LogP contribution in [0.2, 0.25) is 0 Å². The van der Waals surface area contributed by atoms with Crippen molar-refractivity contribution in [1.82, 2.24) is 39.0 Å². The van der Waals surface area contributed by atoms with Crippen LogP contribution in [-0.2, 0) is 50.4 Å². The molecule has 87 heavy (non-hydrogen) atoms. The molecule has 2 fully saturated rings. The summed E-state index contributed by atoms with van der Waals surface area (Å²) in [4.78, 5) is 76.3. The summed E-state index contributed by atoms with van der Waals surface area (Å²) in [6.45, 7) is 12.8. The summed E-state index contributed by atoms with van der Waals surface area (Å²) in [5.41, 5.74) is 9.31. The largest absolute Gasteiger partial charge is 0.493 e. The number of nitrogens with one attached hydrogen (secondary N) is 2.